The number of carboxylic acid groups (broad SMARTS) is 1. The highest BCUT2D eigenvalue weighted by Crippen LogP contribution is 2.24. The van der Waals surface area contributed by atoms with Crippen molar-refractivity contribution < 1.29 is 14.7 Å². The lowest BCUT2D eigenvalue weighted by Gasteiger charge is -2.27. The van der Waals surface area contributed by atoms with Crippen LogP contribution in [0.3, 0.4) is 0 Å². The molecule has 2 N–H and O–H groups in total. The fourth-order valence-electron chi connectivity index (χ4n) is 2.31. The second-order valence-corrected chi connectivity index (χ2v) is 5.65. The Morgan fingerprint density at radius 1 is 1.37 bits per heavy atom. The van der Waals surface area contributed by atoms with Gasteiger partial charge in [-0.3, -0.25) is 9.59 Å². The normalized spacial score (nSPS) is 22.8. The molecule has 1 aromatic heterocycles. The third-order valence-corrected chi connectivity index (χ3v) is 3.79. The van der Waals surface area contributed by atoms with Gasteiger partial charge in [0, 0.05) is 16.7 Å². The number of carboxylic acids is 1. The topological polar surface area (TPSA) is 79.3 Å². The van der Waals surface area contributed by atoms with E-state index in [0.29, 0.717) is 18.5 Å². The van der Waals surface area contributed by atoms with Crippen molar-refractivity contribution in [2.45, 2.75) is 31.7 Å². The van der Waals surface area contributed by atoms with E-state index in [9.17, 15) is 9.59 Å². The number of hydrogen-bond acceptors (Lipinski definition) is 3. The van der Waals surface area contributed by atoms with Gasteiger partial charge in [-0.05, 0) is 47.3 Å². The minimum Gasteiger partial charge on any atom is -0.481 e. The molecule has 2 rings (SSSR count). The summed E-state index contributed by atoms with van der Waals surface area (Å²) in [5.41, 5.74) is 0.348. The zero-order chi connectivity index (χ0) is 13.8. The number of nitrogens with zero attached hydrogens (tertiary/aromatic N) is 1. The molecule has 19 heavy (non-hydrogen) atoms. The van der Waals surface area contributed by atoms with Crippen molar-refractivity contribution in [1.82, 2.24) is 10.3 Å². The first-order chi connectivity index (χ1) is 9.06. The second-order valence-electron chi connectivity index (χ2n) is 4.73. The van der Waals surface area contributed by atoms with Gasteiger partial charge >= 0.3 is 5.97 Å². The minimum atomic E-state index is -0.777. The fourth-order valence-corrected chi connectivity index (χ4v) is 2.55. The molecule has 1 fully saturated rings. The molecule has 1 saturated carbocycles. The van der Waals surface area contributed by atoms with E-state index in [-0.39, 0.29) is 17.9 Å². The molecule has 0 radical (unpaired) electrons. The average molecular weight is 327 g/mol. The summed E-state index contributed by atoms with van der Waals surface area (Å²) in [5, 5.41) is 11.9. The molecule has 1 aliphatic carbocycles. The molecule has 0 bridgehead atoms. The predicted octanol–water partition coefficient (Wildman–Crippen LogP) is 2.22. The van der Waals surface area contributed by atoms with Crippen LogP contribution >= 0.6 is 15.9 Å². The monoisotopic (exact) mass is 326 g/mol. The molecule has 1 heterocycles. The van der Waals surface area contributed by atoms with Gasteiger partial charge in [0.15, 0.2) is 0 Å². The van der Waals surface area contributed by atoms with Crippen LogP contribution in [-0.2, 0) is 4.79 Å². The Morgan fingerprint density at radius 3 is 2.79 bits per heavy atom. The number of rotatable bonds is 3. The molecule has 0 spiro atoms. The molecule has 2 unspecified atom stereocenters. The number of aliphatic carboxylic acids is 1. The summed E-state index contributed by atoms with van der Waals surface area (Å²) >= 11 is 3.26. The Hall–Kier alpha value is -1.43. The Kier molecular flexibility index (Phi) is 4.52. The molecule has 2 atom stereocenters. The van der Waals surface area contributed by atoms with Crippen LogP contribution in [0.1, 0.15) is 36.2 Å². The maximum absolute atomic E-state index is 12.0. The minimum absolute atomic E-state index is 0.0761. The van der Waals surface area contributed by atoms with Crippen LogP contribution < -0.4 is 5.32 Å². The number of aromatic nitrogens is 1. The van der Waals surface area contributed by atoms with Gasteiger partial charge in [0.2, 0.25) is 0 Å². The van der Waals surface area contributed by atoms with Crippen molar-refractivity contribution in [3.8, 4) is 0 Å². The predicted molar refractivity (Wildman–Crippen MR) is 72.8 cm³/mol. The number of halogens is 1. The molecular formula is C13H15BrN2O3. The second kappa shape index (κ2) is 6.14. The van der Waals surface area contributed by atoms with Crippen LogP contribution in [-0.4, -0.2) is 28.0 Å². The van der Waals surface area contributed by atoms with Gasteiger partial charge in [-0.1, -0.05) is 6.42 Å². The molecule has 5 nitrogen and oxygen atoms in total. The van der Waals surface area contributed by atoms with E-state index in [1.54, 1.807) is 18.3 Å². The molecule has 1 aromatic rings. The number of amides is 1. The van der Waals surface area contributed by atoms with Crippen molar-refractivity contribution in [1.29, 1.82) is 0 Å². The van der Waals surface area contributed by atoms with Gasteiger partial charge in [0.25, 0.3) is 5.91 Å². The molecule has 0 aliphatic heterocycles. The highest BCUT2D eigenvalue weighted by Gasteiger charge is 2.28. The standard InChI is InChI=1S/C13H15BrN2O3/c14-9-4-5-11(15-7-9)12(17)16-10-3-1-2-8(6-10)13(18)19/h4-5,7-8,10H,1-3,6H2,(H,16,17)(H,18,19). The average Bonchev–Trinajstić information content (AvgIpc) is 2.39. The van der Waals surface area contributed by atoms with Crippen LogP contribution in [0.15, 0.2) is 22.8 Å². The van der Waals surface area contributed by atoms with E-state index in [1.165, 1.54) is 0 Å². The smallest absolute Gasteiger partial charge is 0.306 e. The maximum atomic E-state index is 12.0. The highest BCUT2D eigenvalue weighted by molar-refractivity contribution is 9.10. The third kappa shape index (κ3) is 3.76. The maximum Gasteiger partial charge on any atom is 0.306 e. The Bertz CT molecular complexity index is 475. The third-order valence-electron chi connectivity index (χ3n) is 3.32. The molecule has 6 heteroatoms. The first-order valence-corrected chi connectivity index (χ1v) is 7.01. The quantitative estimate of drug-likeness (QED) is 0.892. The van der Waals surface area contributed by atoms with Gasteiger partial charge in [-0.2, -0.15) is 0 Å². The summed E-state index contributed by atoms with van der Waals surface area (Å²) < 4.78 is 0.813. The van der Waals surface area contributed by atoms with Gasteiger partial charge < -0.3 is 10.4 Å². The first-order valence-electron chi connectivity index (χ1n) is 6.21. The lowest BCUT2D eigenvalue weighted by atomic mass is 9.86. The highest BCUT2D eigenvalue weighted by atomic mass is 79.9. The van der Waals surface area contributed by atoms with Crippen LogP contribution in [0.25, 0.3) is 0 Å². The largest absolute Gasteiger partial charge is 0.481 e. The molecular weight excluding hydrogens is 312 g/mol. The molecule has 0 saturated heterocycles. The lowest BCUT2D eigenvalue weighted by molar-refractivity contribution is -0.143. The summed E-state index contributed by atoms with van der Waals surface area (Å²) in [4.78, 5) is 26.9. The van der Waals surface area contributed by atoms with E-state index in [4.69, 9.17) is 5.11 Å². The Balaban J connectivity index is 1.95. The van der Waals surface area contributed by atoms with Crippen LogP contribution in [0.5, 0.6) is 0 Å². The Labute approximate surface area is 119 Å². The summed E-state index contributed by atoms with van der Waals surface area (Å²) in [6.07, 6.45) is 4.41. The summed E-state index contributed by atoms with van der Waals surface area (Å²) in [6, 6.07) is 3.31. The number of hydrogen-bond donors (Lipinski definition) is 2. The van der Waals surface area contributed by atoms with E-state index < -0.39 is 5.97 Å². The molecule has 1 amide bonds. The van der Waals surface area contributed by atoms with Crippen molar-refractivity contribution >= 4 is 27.8 Å². The molecule has 1 aliphatic rings. The van der Waals surface area contributed by atoms with Gasteiger partial charge in [0.1, 0.15) is 5.69 Å². The van der Waals surface area contributed by atoms with Gasteiger partial charge in [-0.25, -0.2) is 4.98 Å². The van der Waals surface area contributed by atoms with Crippen LogP contribution in [0, 0.1) is 5.92 Å². The first kappa shape index (κ1) is 14.0. The van der Waals surface area contributed by atoms with Crippen LogP contribution in [0.4, 0.5) is 0 Å². The Morgan fingerprint density at radius 2 is 2.16 bits per heavy atom. The summed E-state index contributed by atoms with van der Waals surface area (Å²) in [7, 11) is 0. The van der Waals surface area contributed by atoms with E-state index >= 15 is 0 Å². The SMILES string of the molecule is O=C(NC1CCCC(C(=O)O)C1)c1ccc(Br)cn1. The molecule has 0 aromatic carbocycles. The fraction of sp³-hybridized carbons (Fsp3) is 0.462. The number of carbonyl (C=O) groups excluding carboxylic acids is 1. The summed E-state index contributed by atoms with van der Waals surface area (Å²) in [6.45, 7) is 0. The van der Waals surface area contributed by atoms with E-state index in [0.717, 1.165) is 17.3 Å². The van der Waals surface area contributed by atoms with E-state index in [1.807, 2.05) is 0 Å². The van der Waals surface area contributed by atoms with Gasteiger partial charge in [0.05, 0.1) is 5.92 Å². The van der Waals surface area contributed by atoms with Crippen molar-refractivity contribution in [2.75, 3.05) is 0 Å². The van der Waals surface area contributed by atoms with Crippen molar-refractivity contribution in [3.05, 3.63) is 28.5 Å². The lowest BCUT2D eigenvalue weighted by Crippen LogP contribution is -2.40. The van der Waals surface area contributed by atoms with E-state index in [2.05, 4.69) is 26.2 Å². The van der Waals surface area contributed by atoms with Crippen LogP contribution in [0.2, 0.25) is 0 Å². The zero-order valence-electron chi connectivity index (χ0n) is 10.3. The van der Waals surface area contributed by atoms with Gasteiger partial charge in [-0.15, -0.1) is 0 Å². The number of pyridine rings is 1. The number of carbonyl (C=O) groups is 2. The van der Waals surface area contributed by atoms with Crippen molar-refractivity contribution in [2.24, 2.45) is 5.92 Å². The number of nitrogens with one attached hydrogen (secondary N) is 1. The summed E-state index contributed by atoms with van der Waals surface area (Å²) in [5.74, 6) is -1.37. The zero-order valence-corrected chi connectivity index (χ0v) is 11.9. The van der Waals surface area contributed by atoms with Crippen molar-refractivity contribution in [3.63, 3.8) is 0 Å². The molecule has 102 valence electrons.